The molecular formula is C28H29ClF2N4O2. The van der Waals surface area contributed by atoms with Crippen LogP contribution in [-0.4, -0.2) is 21.8 Å². The molecule has 3 aromatic rings. The third-order valence-electron chi connectivity index (χ3n) is 5.70. The van der Waals surface area contributed by atoms with E-state index in [1.54, 1.807) is 12.3 Å². The molecule has 0 aliphatic rings. The Labute approximate surface area is 220 Å². The third kappa shape index (κ3) is 7.43. The summed E-state index contributed by atoms with van der Waals surface area (Å²) in [4.78, 5) is 32.4. The number of hydrogen-bond donors (Lipinski definition) is 2. The first-order valence-corrected chi connectivity index (χ1v) is 12.3. The molecule has 2 N–H and O–H groups in total. The largest absolute Gasteiger partial charge is 0.352 e. The van der Waals surface area contributed by atoms with Gasteiger partial charge in [0, 0.05) is 66.9 Å². The number of carbonyl (C=O) groups excluding carboxylic acids is 2. The third-order valence-corrected chi connectivity index (χ3v) is 6.12. The van der Waals surface area contributed by atoms with Crippen molar-refractivity contribution in [3.63, 3.8) is 0 Å². The maximum atomic E-state index is 14.6. The fourth-order valence-electron chi connectivity index (χ4n) is 3.77. The van der Waals surface area contributed by atoms with Gasteiger partial charge in [-0.25, -0.2) is 8.78 Å². The fourth-order valence-corrected chi connectivity index (χ4v) is 3.93. The molecule has 0 unspecified atom stereocenters. The Balaban J connectivity index is 1.70. The van der Waals surface area contributed by atoms with E-state index in [2.05, 4.69) is 27.5 Å². The molecule has 0 saturated carbocycles. The van der Waals surface area contributed by atoms with Gasteiger partial charge in [0.1, 0.15) is 0 Å². The molecule has 194 valence electrons. The predicted molar refractivity (Wildman–Crippen MR) is 140 cm³/mol. The van der Waals surface area contributed by atoms with Crippen molar-refractivity contribution < 1.29 is 18.4 Å². The van der Waals surface area contributed by atoms with Crippen LogP contribution in [0.15, 0.2) is 48.9 Å². The Bertz CT molecular complexity index is 1330. The van der Waals surface area contributed by atoms with Gasteiger partial charge in [-0.2, -0.15) is 0 Å². The predicted octanol–water partition coefficient (Wildman–Crippen LogP) is 5.46. The number of benzene rings is 1. The summed E-state index contributed by atoms with van der Waals surface area (Å²) in [5.74, 6) is -2.70. The lowest BCUT2D eigenvalue weighted by Gasteiger charge is -2.11. The molecule has 2 aromatic heterocycles. The van der Waals surface area contributed by atoms with Crippen LogP contribution in [0.5, 0.6) is 0 Å². The van der Waals surface area contributed by atoms with E-state index in [0.717, 1.165) is 29.7 Å². The van der Waals surface area contributed by atoms with Gasteiger partial charge in [0.25, 0.3) is 5.91 Å². The summed E-state index contributed by atoms with van der Waals surface area (Å²) in [6.07, 6.45) is 8.22. The molecule has 0 bridgehead atoms. The number of amides is 2. The second-order valence-corrected chi connectivity index (χ2v) is 8.99. The highest BCUT2D eigenvalue weighted by Gasteiger charge is 2.15. The molecule has 0 aliphatic heterocycles. The number of halogens is 3. The summed E-state index contributed by atoms with van der Waals surface area (Å²) in [6.45, 7) is 5.36. The summed E-state index contributed by atoms with van der Waals surface area (Å²) in [5, 5.41) is 5.90. The number of aryl methyl sites for hydroxylation is 1. The van der Waals surface area contributed by atoms with Crippen LogP contribution in [0.1, 0.15) is 71.1 Å². The van der Waals surface area contributed by atoms with E-state index < -0.39 is 11.6 Å². The van der Waals surface area contributed by atoms with Crippen LogP contribution in [0.25, 0.3) is 5.03 Å². The van der Waals surface area contributed by atoms with Crippen molar-refractivity contribution in [1.29, 1.82) is 0 Å². The Morgan fingerprint density at radius 2 is 1.73 bits per heavy atom. The van der Waals surface area contributed by atoms with Gasteiger partial charge in [-0.15, -0.1) is 0 Å². The molecule has 2 heterocycles. The Kier molecular flexibility index (Phi) is 9.85. The van der Waals surface area contributed by atoms with Crippen LogP contribution in [0, 0.1) is 11.6 Å². The van der Waals surface area contributed by atoms with E-state index in [0.29, 0.717) is 16.2 Å². The molecule has 37 heavy (non-hydrogen) atoms. The van der Waals surface area contributed by atoms with Crippen LogP contribution < -0.4 is 10.6 Å². The standard InChI is InChI=1S/C28H29ClF2N4O2/c1-4-6-25-23(24(29)5-2)11-19(13-34-25)14-35-28(37)22-10-18(12-32-15-22)9-20-7-8-21(16-33-17(3)36)27(31)26(20)30/h5,7-8,10-13,15H,4,6,9,14,16H2,1-3H3,(H,33,36)(H,35,37)/b24-5+. The Hall–Kier alpha value is -3.65. The lowest BCUT2D eigenvalue weighted by Crippen LogP contribution is -2.23. The zero-order valence-electron chi connectivity index (χ0n) is 21.0. The van der Waals surface area contributed by atoms with Crippen LogP contribution in [0.4, 0.5) is 8.78 Å². The average molecular weight is 527 g/mol. The topological polar surface area (TPSA) is 84.0 Å². The molecule has 2 amide bonds. The van der Waals surface area contributed by atoms with Crippen molar-refractivity contribution >= 4 is 28.4 Å². The van der Waals surface area contributed by atoms with Crippen molar-refractivity contribution in [3.8, 4) is 0 Å². The highest BCUT2D eigenvalue weighted by molar-refractivity contribution is 6.48. The zero-order chi connectivity index (χ0) is 26.9. The average Bonchev–Trinajstić information content (AvgIpc) is 2.89. The van der Waals surface area contributed by atoms with Crippen molar-refractivity contribution in [2.45, 2.75) is 53.1 Å². The molecule has 0 spiro atoms. The number of nitrogens with one attached hydrogen (secondary N) is 2. The van der Waals surface area contributed by atoms with Crippen LogP contribution >= 0.6 is 11.6 Å². The van der Waals surface area contributed by atoms with E-state index >= 15 is 0 Å². The zero-order valence-corrected chi connectivity index (χ0v) is 21.8. The summed E-state index contributed by atoms with van der Waals surface area (Å²) >= 11 is 6.36. The van der Waals surface area contributed by atoms with Crippen molar-refractivity contribution in [2.24, 2.45) is 0 Å². The van der Waals surface area contributed by atoms with Gasteiger partial charge >= 0.3 is 0 Å². The van der Waals surface area contributed by atoms with Gasteiger partial charge in [0.15, 0.2) is 11.6 Å². The number of aromatic nitrogens is 2. The maximum absolute atomic E-state index is 14.6. The van der Waals surface area contributed by atoms with E-state index in [1.165, 1.54) is 31.5 Å². The highest BCUT2D eigenvalue weighted by Crippen LogP contribution is 2.24. The monoisotopic (exact) mass is 526 g/mol. The first kappa shape index (κ1) is 27.9. The molecule has 9 heteroatoms. The van der Waals surface area contributed by atoms with Crippen molar-refractivity contribution in [1.82, 2.24) is 20.6 Å². The molecule has 3 rings (SSSR count). The van der Waals surface area contributed by atoms with Crippen LogP contribution in [-0.2, 0) is 30.7 Å². The Morgan fingerprint density at radius 1 is 1.00 bits per heavy atom. The lowest BCUT2D eigenvalue weighted by atomic mass is 10.0. The van der Waals surface area contributed by atoms with Gasteiger partial charge < -0.3 is 10.6 Å². The minimum Gasteiger partial charge on any atom is -0.352 e. The molecular weight excluding hydrogens is 498 g/mol. The minimum atomic E-state index is -1.01. The van der Waals surface area contributed by atoms with Crippen LogP contribution in [0.2, 0.25) is 0 Å². The molecule has 0 saturated heterocycles. The molecule has 0 fully saturated rings. The van der Waals surface area contributed by atoms with Gasteiger partial charge in [-0.1, -0.05) is 43.2 Å². The minimum absolute atomic E-state index is 0.0469. The highest BCUT2D eigenvalue weighted by atomic mass is 35.5. The number of hydrogen-bond acceptors (Lipinski definition) is 4. The number of rotatable bonds is 10. The smallest absolute Gasteiger partial charge is 0.253 e. The first-order valence-electron chi connectivity index (χ1n) is 12.0. The number of nitrogens with zero attached hydrogens (tertiary/aromatic N) is 2. The molecule has 1 aromatic carbocycles. The van der Waals surface area contributed by atoms with E-state index in [1.807, 2.05) is 19.1 Å². The summed E-state index contributed by atoms with van der Waals surface area (Å²) in [6, 6.07) is 6.41. The van der Waals surface area contributed by atoms with Gasteiger partial charge in [-0.05, 0) is 42.2 Å². The quantitative estimate of drug-likeness (QED) is 0.367. The Morgan fingerprint density at radius 3 is 2.43 bits per heavy atom. The SMILES string of the molecule is C/C=C(/Cl)c1cc(CNC(=O)c2cncc(Cc3ccc(CNC(C)=O)c(F)c3F)c2)cnc1CCC. The van der Waals surface area contributed by atoms with Crippen molar-refractivity contribution in [3.05, 3.63) is 99.6 Å². The maximum Gasteiger partial charge on any atom is 0.253 e. The van der Waals surface area contributed by atoms with Crippen molar-refractivity contribution in [2.75, 3.05) is 0 Å². The second kappa shape index (κ2) is 13.1. The van der Waals surface area contributed by atoms with Gasteiger partial charge in [0.2, 0.25) is 5.91 Å². The molecule has 0 aliphatic carbocycles. The van der Waals surface area contributed by atoms with Gasteiger partial charge in [-0.3, -0.25) is 19.6 Å². The summed E-state index contributed by atoms with van der Waals surface area (Å²) in [7, 11) is 0. The van der Waals surface area contributed by atoms with E-state index in [9.17, 15) is 18.4 Å². The van der Waals surface area contributed by atoms with Gasteiger partial charge in [0.05, 0.1) is 5.56 Å². The lowest BCUT2D eigenvalue weighted by molar-refractivity contribution is -0.119. The number of carbonyl (C=O) groups is 2. The molecule has 0 radical (unpaired) electrons. The first-order chi connectivity index (χ1) is 17.7. The normalized spacial score (nSPS) is 11.4. The number of allylic oxidation sites excluding steroid dienone is 1. The fraction of sp³-hybridized carbons (Fsp3) is 0.286. The van der Waals surface area contributed by atoms with E-state index in [4.69, 9.17) is 11.6 Å². The second-order valence-electron chi connectivity index (χ2n) is 8.59. The number of pyridine rings is 2. The van der Waals surface area contributed by atoms with Crippen LogP contribution in [0.3, 0.4) is 0 Å². The summed E-state index contributed by atoms with van der Waals surface area (Å²) in [5.41, 5.74) is 3.57. The molecule has 6 nitrogen and oxygen atoms in total. The van der Waals surface area contributed by atoms with E-state index in [-0.39, 0.29) is 42.5 Å². The summed E-state index contributed by atoms with van der Waals surface area (Å²) < 4.78 is 29.1. The molecule has 0 atom stereocenters.